The molecule has 1 aromatic carbocycles. The average Bonchev–Trinajstić information content (AvgIpc) is 2.30. The van der Waals surface area contributed by atoms with Gasteiger partial charge in [-0.3, -0.25) is 4.79 Å². The third-order valence-corrected chi connectivity index (χ3v) is 4.47. The van der Waals surface area contributed by atoms with Crippen molar-refractivity contribution in [1.82, 2.24) is 0 Å². The molecule has 0 heterocycles. The van der Waals surface area contributed by atoms with Crippen molar-refractivity contribution in [2.24, 2.45) is 5.41 Å². The van der Waals surface area contributed by atoms with Crippen molar-refractivity contribution in [3.8, 4) is 0 Å². The number of carboxylic acids is 1. The molecular formula is C14H19ClO2S. The highest BCUT2D eigenvalue weighted by atomic mass is 35.5. The number of thioether (sulfide) groups is 1. The Bertz CT molecular complexity index is 405. The number of halogens is 1. The second kappa shape index (κ2) is 7.05. The number of aliphatic carboxylic acids is 1. The number of carboxylic acid groups (broad SMARTS) is 1. The highest BCUT2D eigenvalue weighted by Gasteiger charge is 2.25. The fourth-order valence-electron chi connectivity index (χ4n) is 1.52. The van der Waals surface area contributed by atoms with E-state index in [4.69, 9.17) is 16.7 Å². The molecular weight excluding hydrogens is 268 g/mol. The summed E-state index contributed by atoms with van der Waals surface area (Å²) < 4.78 is 0. The van der Waals surface area contributed by atoms with E-state index in [2.05, 4.69) is 0 Å². The standard InChI is InChI=1S/C14H19ClO2S/c1-14(2,13(16)17)9-5-6-10-18-12-8-4-3-7-11(12)15/h3-4,7-8H,5-6,9-10H2,1-2H3,(H,16,17). The average molecular weight is 287 g/mol. The predicted octanol–water partition coefficient (Wildman–Crippen LogP) is 4.71. The van der Waals surface area contributed by atoms with Crippen LogP contribution in [0, 0.1) is 5.41 Å². The maximum Gasteiger partial charge on any atom is 0.309 e. The molecule has 0 saturated heterocycles. The summed E-state index contributed by atoms with van der Waals surface area (Å²) in [5.74, 6) is 0.251. The third kappa shape index (κ3) is 4.91. The minimum absolute atomic E-state index is 0.616. The molecule has 0 atom stereocenters. The van der Waals surface area contributed by atoms with E-state index < -0.39 is 11.4 Å². The number of rotatable bonds is 7. The number of hydrogen-bond donors (Lipinski definition) is 1. The Morgan fingerprint density at radius 2 is 2.00 bits per heavy atom. The fourth-order valence-corrected chi connectivity index (χ4v) is 2.77. The number of unbranched alkanes of at least 4 members (excludes halogenated alkanes) is 1. The van der Waals surface area contributed by atoms with Gasteiger partial charge in [-0.05, 0) is 44.6 Å². The molecule has 1 aromatic rings. The van der Waals surface area contributed by atoms with Crippen molar-refractivity contribution in [2.45, 2.75) is 38.0 Å². The van der Waals surface area contributed by atoms with E-state index in [1.807, 2.05) is 24.3 Å². The van der Waals surface area contributed by atoms with Crippen molar-refractivity contribution < 1.29 is 9.90 Å². The lowest BCUT2D eigenvalue weighted by Gasteiger charge is -2.18. The van der Waals surface area contributed by atoms with E-state index in [-0.39, 0.29) is 0 Å². The molecule has 0 aromatic heterocycles. The largest absolute Gasteiger partial charge is 0.481 e. The molecule has 0 aliphatic carbocycles. The highest BCUT2D eigenvalue weighted by Crippen LogP contribution is 2.29. The summed E-state index contributed by atoms with van der Waals surface area (Å²) in [6, 6.07) is 7.79. The van der Waals surface area contributed by atoms with Crippen LogP contribution in [-0.2, 0) is 4.79 Å². The number of benzene rings is 1. The molecule has 4 heteroatoms. The molecule has 0 spiro atoms. The Morgan fingerprint density at radius 3 is 2.61 bits per heavy atom. The van der Waals surface area contributed by atoms with Crippen LogP contribution in [0.3, 0.4) is 0 Å². The molecule has 100 valence electrons. The normalized spacial score (nSPS) is 11.5. The van der Waals surface area contributed by atoms with Crippen LogP contribution in [0.5, 0.6) is 0 Å². The van der Waals surface area contributed by atoms with Gasteiger partial charge in [0.25, 0.3) is 0 Å². The summed E-state index contributed by atoms with van der Waals surface area (Å²) in [6.45, 7) is 3.55. The van der Waals surface area contributed by atoms with Crippen LogP contribution in [0.25, 0.3) is 0 Å². The maximum atomic E-state index is 10.9. The van der Waals surface area contributed by atoms with Gasteiger partial charge < -0.3 is 5.11 Å². The van der Waals surface area contributed by atoms with Gasteiger partial charge in [0, 0.05) is 4.90 Å². The molecule has 0 radical (unpaired) electrons. The maximum absolute atomic E-state index is 10.9. The molecule has 0 saturated carbocycles. The van der Waals surface area contributed by atoms with E-state index in [0.29, 0.717) is 6.42 Å². The van der Waals surface area contributed by atoms with Crippen LogP contribution in [0.1, 0.15) is 33.1 Å². The Hall–Kier alpha value is -0.670. The SMILES string of the molecule is CC(C)(CCCCSc1ccccc1Cl)C(=O)O. The Kier molecular flexibility index (Phi) is 6.03. The molecule has 2 nitrogen and oxygen atoms in total. The van der Waals surface area contributed by atoms with Crippen LogP contribution in [-0.4, -0.2) is 16.8 Å². The highest BCUT2D eigenvalue weighted by molar-refractivity contribution is 7.99. The van der Waals surface area contributed by atoms with Crippen LogP contribution >= 0.6 is 23.4 Å². The summed E-state index contributed by atoms with van der Waals surface area (Å²) in [6.07, 6.45) is 2.65. The minimum atomic E-state index is -0.721. The second-order valence-corrected chi connectivity index (χ2v) is 6.47. The van der Waals surface area contributed by atoms with Crippen LogP contribution < -0.4 is 0 Å². The van der Waals surface area contributed by atoms with Gasteiger partial charge in [0.05, 0.1) is 10.4 Å². The van der Waals surface area contributed by atoms with Gasteiger partial charge in [-0.15, -0.1) is 11.8 Å². The van der Waals surface area contributed by atoms with Crippen molar-refractivity contribution in [2.75, 3.05) is 5.75 Å². The monoisotopic (exact) mass is 286 g/mol. The molecule has 1 rings (SSSR count). The zero-order valence-corrected chi connectivity index (χ0v) is 12.4. The smallest absolute Gasteiger partial charge is 0.309 e. The molecule has 0 aliphatic rings. The second-order valence-electron chi connectivity index (χ2n) is 4.93. The van der Waals surface area contributed by atoms with Gasteiger partial charge in [0.1, 0.15) is 0 Å². The van der Waals surface area contributed by atoms with Crippen LogP contribution in [0.2, 0.25) is 5.02 Å². The molecule has 0 amide bonds. The fraction of sp³-hybridized carbons (Fsp3) is 0.500. The molecule has 0 fully saturated rings. The first-order valence-corrected chi connectivity index (χ1v) is 7.40. The summed E-state index contributed by atoms with van der Waals surface area (Å²) in [5.41, 5.74) is -0.616. The molecule has 0 bridgehead atoms. The van der Waals surface area contributed by atoms with Gasteiger partial charge in [0.2, 0.25) is 0 Å². The zero-order valence-electron chi connectivity index (χ0n) is 10.8. The molecule has 0 aliphatic heterocycles. The van der Waals surface area contributed by atoms with Gasteiger partial charge in [-0.2, -0.15) is 0 Å². The zero-order chi connectivity index (χ0) is 13.6. The van der Waals surface area contributed by atoms with Gasteiger partial charge in [-0.25, -0.2) is 0 Å². The Balaban J connectivity index is 2.24. The number of hydrogen-bond acceptors (Lipinski definition) is 2. The summed E-state index contributed by atoms with van der Waals surface area (Å²) in [7, 11) is 0. The first-order chi connectivity index (χ1) is 8.43. The minimum Gasteiger partial charge on any atom is -0.481 e. The summed E-state index contributed by atoms with van der Waals surface area (Å²) in [5, 5.41) is 9.78. The molecule has 0 unspecified atom stereocenters. The third-order valence-electron chi connectivity index (χ3n) is 2.87. The topological polar surface area (TPSA) is 37.3 Å². The van der Waals surface area contributed by atoms with Crippen molar-refractivity contribution in [3.63, 3.8) is 0 Å². The first-order valence-electron chi connectivity index (χ1n) is 6.04. The lowest BCUT2D eigenvalue weighted by atomic mass is 9.88. The quantitative estimate of drug-likeness (QED) is 0.582. The van der Waals surface area contributed by atoms with Crippen molar-refractivity contribution in [3.05, 3.63) is 29.3 Å². The van der Waals surface area contributed by atoms with Crippen LogP contribution in [0.4, 0.5) is 0 Å². The lowest BCUT2D eigenvalue weighted by molar-refractivity contribution is -0.147. The Labute approximate surface area is 118 Å². The van der Waals surface area contributed by atoms with Crippen LogP contribution in [0.15, 0.2) is 29.2 Å². The van der Waals surface area contributed by atoms with Gasteiger partial charge in [0.15, 0.2) is 0 Å². The van der Waals surface area contributed by atoms with Crippen molar-refractivity contribution in [1.29, 1.82) is 0 Å². The van der Waals surface area contributed by atoms with Gasteiger partial charge >= 0.3 is 5.97 Å². The van der Waals surface area contributed by atoms with E-state index in [9.17, 15) is 4.79 Å². The number of carbonyl (C=O) groups is 1. The van der Waals surface area contributed by atoms with E-state index in [1.165, 1.54) is 0 Å². The van der Waals surface area contributed by atoms with Crippen molar-refractivity contribution >= 4 is 29.3 Å². The van der Waals surface area contributed by atoms with Gasteiger partial charge in [-0.1, -0.05) is 30.2 Å². The predicted molar refractivity (Wildman–Crippen MR) is 77.4 cm³/mol. The molecule has 18 heavy (non-hydrogen) atoms. The summed E-state index contributed by atoms with van der Waals surface area (Å²) >= 11 is 7.78. The summed E-state index contributed by atoms with van der Waals surface area (Å²) in [4.78, 5) is 12.0. The first kappa shape index (κ1) is 15.4. The lowest BCUT2D eigenvalue weighted by Crippen LogP contribution is -2.23. The van der Waals surface area contributed by atoms with E-state index in [1.54, 1.807) is 25.6 Å². The molecule has 1 N–H and O–H groups in total. The van der Waals surface area contributed by atoms with E-state index in [0.717, 1.165) is 28.5 Å². The van der Waals surface area contributed by atoms with E-state index >= 15 is 0 Å². The Morgan fingerprint density at radius 1 is 1.33 bits per heavy atom.